The maximum Gasteiger partial charge on any atom is 0.323 e. The minimum absolute atomic E-state index is 0.0964. The molecule has 2 aromatic heterocycles. The predicted octanol–water partition coefficient (Wildman–Crippen LogP) is 0.594. The van der Waals surface area contributed by atoms with E-state index in [9.17, 15) is 0 Å². The molecule has 0 aliphatic carbocycles. The molecule has 0 aliphatic rings. The monoisotopic (exact) mass is 232 g/mol. The third-order valence-corrected chi connectivity index (χ3v) is 1.88. The molecule has 0 saturated heterocycles. The van der Waals surface area contributed by atoms with Gasteiger partial charge in [-0.15, -0.1) is 6.58 Å². The second kappa shape index (κ2) is 5.06. The molecule has 0 aliphatic heterocycles. The van der Waals surface area contributed by atoms with Crippen molar-refractivity contribution in [1.29, 1.82) is 0 Å². The lowest BCUT2D eigenvalue weighted by molar-refractivity contribution is 0.298. The standard InChI is InChI=1S/C10H12N6O/c1-2-3-7-17-10-14-8(11)13-9(15-10)16-6-4-5-12-16/h2,4-6H,1,3,7H2,(H2,11,13,14,15). The van der Waals surface area contributed by atoms with Gasteiger partial charge in [0.1, 0.15) is 0 Å². The average Bonchev–Trinajstić information content (AvgIpc) is 2.82. The first-order valence-electron chi connectivity index (χ1n) is 5.05. The summed E-state index contributed by atoms with van der Waals surface area (Å²) in [6.45, 7) is 4.05. The van der Waals surface area contributed by atoms with Gasteiger partial charge in [-0.2, -0.15) is 20.1 Å². The van der Waals surface area contributed by atoms with Crippen LogP contribution in [0.15, 0.2) is 31.1 Å². The van der Waals surface area contributed by atoms with Gasteiger partial charge < -0.3 is 10.5 Å². The molecule has 0 amide bonds. The number of nitrogens with zero attached hydrogens (tertiary/aromatic N) is 5. The van der Waals surface area contributed by atoms with Gasteiger partial charge in [0.2, 0.25) is 5.95 Å². The van der Waals surface area contributed by atoms with E-state index in [4.69, 9.17) is 10.5 Å². The van der Waals surface area contributed by atoms with E-state index in [0.717, 1.165) is 0 Å². The summed E-state index contributed by atoms with van der Waals surface area (Å²) in [5.74, 6) is 0.426. The number of aromatic nitrogens is 5. The Hall–Kier alpha value is -2.44. The zero-order valence-electron chi connectivity index (χ0n) is 9.15. The third-order valence-electron chi connectivity index (χ3n) is 1.88. The Balaban J connectivity index is 2.20. The second-order valence-electron chi connectivity index (χ2n) is 3.15. The highest BCUT2D eigenvalue weighted by Gasteiger charge is 2.06. The molecular weight excluding hydrogens is 220 g/mol. The van der Waals surface area contributed by atoms with Crippen LogP contribution in [0.5, 0.6) is 6.01 Å². The molecule has 88 valence electrons. The molecule has 0 radical (unpaired) electrons. The van der Waals surface area contributed by atoms with Gasteiger partial charge in [-0.25, -0.2) is 4.68 Å². The van der Waals surface area contributed by atoms with Crippen molar-refractivity contribution in [2.75, 3.05) is 12.3 Å². The van der Waals surface area contributed by atoms with E-state index in [-0.39, 0.29) is 12.0 Å². The summed E-state index contributed by atoms with van der Waals surface area (Å²) in [7, 11) is 0. The van der Waals surface area contributed by atoms with Crippen molar-refractivity contribution in [2.24, 2.45) is 0 Å². The lowest BCUT2D eigenvalue weighted by Gasteiger charge is -2.05. The normalized spacial score (nSPS) is 10.1. The van der Waals surface area contributed by atoms with Crippen LogP contribution >= 0.6 is 0 Å². The van der Waals surface area contributed by atoms with Crippen molar-refractivity contribution < 1.29 is 4.74 Å². The van der Waals surface area contributed by atoms with Crippen molar-refractivity contribution in [1.82, 2.24) is 24.7 Å². The van der Waals surface area contributed by atoms with Crippen LogP contribution in [0.25, 0.3) is 5.95 Å². The molecule has 0 unspecified atom stereocenters. The molecule has 0 fully saturated rings. The minimum atomic E-state index is 0.0964. The van der Waals surface area contributed by atoms with Crippen molar-refractivity contribution in [3.05, 3.63) is 31.1 Å². The van der Waals surface area contributed by atoms with Crippen LogP contribution < -0.4 is 10.5 Å². The largest absolute Gasteiger partial charge is 0.463 e. The van der Waals surface area contributed by atoms with E-state index in [1.54, 1.807) is 24.5 Å². The zero-order valence-corrected chi connectivity index (χ0v) is 9.15. The van der Waals surface area contributed by atoms with Crippen molar-refractivity contribution in [3.8, 4) is 12.0 Å². The van der Waals surface area contributed by atoms with Crippen LogP contribution in [0.3, 0.4) is 0 Å². The fourth-order valence-corrected chi connectivity index (χ4v) is 1.15. The lowest BCUT2D eigenvalue weighted by Crippen LogP contribution is -2.09. The summed E-state index contributed by atoms with van der Waals surface area (Å²) in [6, 6.07) is 1.95. The van der Waals surface area contributed by atoms with Crippen LogP contribution in [0, 0.1) is 0 Å². The summed E-state index contributed by atoms with van der Waals surface area (Å²) in [6.07, 6.45) is 5.79. The summed E-state index contributed by atoms with van der Waals surface area (Å²) >= 11 is 0. The topological polar surface area (TPSA) is 91.7 Å². The number of anilines is 1. The number of nitrogens with two attached hydrogens (primary N) is 1. The number of hydrogen-bond donors (Lipinski definition) is 1. The summed E-state index contributed by atoms with van der Waals surface area (Å²) < 4.78 is 6.80. The van der Waals surface area contributed by atoms with Crippen LogP contribution in [-0.2, 0) is 0 Å². The van der Waals surface area contributed by atoms with Crippen LogP contribution in [0.4, 0.5) is 5.95 Å². The fraction of sp³-hybridized carbons (Fsp3) is 0.200. The molecule has 2 N–H and O–H groups in total. The van der Waals surface area contributed by atoms with E-state index in [0.29, 0.717) is 19.0 Å². The van der Waals surface area contributed by atoms with Gasteiger partial charge in [-0.05, 0) is 12.5 Å². The first-order valence-corrected chi connectivity index (χ1v) is 5.05. The van der Waals surface area contributed by atoms with Gasteiger partial charge in [0.05, 0.1) is 6.61 Å². The van der Waals surface area contributed by atoms with Crippen molar-refractivity contribution >= 4 is 5.95 Å². The van der Waals surface area contributed by atoms with Gasteiger partial charge in [-0.1, -0.05) is 6.08 Å². The molecule has 17 heavy (non-hydrogen) atoms. The molecule has 7 nitrogen and oxygen atoms in total. The van der Waals surface area contributed by atoms with E-state index < -0.39 is 0 Å². The van der Waals surface area contributed by atoms with Gasteiger partial charge in [0.15, 0.2) is 0 Å². The Bertz CT molecular complexity index is 496. The molecular formula is C10H12N6O. The minimum Gasteiger partial charge on any atom is -0.463 e. The maximum absolute atomic E-state index is 5.57. The van der Waals surface area contributed by atoms with E-state index in [2.05, 4.69) is 26.6 Å². The summed E-state index contributed by atoms with van der Waals surface area (Å²) in [5, 5.41) is 4.00. The molecule has 2 aromatic rings. The molecule has 0 bridgehead atoms. The Morgan fingerprint density at radius 3 is 3.00 bits per heavy atom. The molecule has 2 heterocycles. The summed E-state index contributed by atoms with van der Waals surface area (Å²) in [5.41, 5.74) is 5.57. The van der Waals surface area contributed by atoms with Crippen molar-refractivity contribution in [2.45, 2.75) is 6.42 Å². The second-order valence-corrected chi connectivity index (χ2v) is 3.15. The Morgan fingerprint density at radius 2 is 2.29 bits per heavy atom. The molecule has 7 heteroatoms. The highest BCUT2D eigenvalue weighted by Crippen LogP contribution is 2.08. The number of rotatable bonds is 5. The molecule has 0 saturated carbocycles. The van der Waals surface area contributed by atoms with Crippen molar-refractivity contribution in [3.63, 3.8) is 0 Å². The van der Waals surface area contributed by atoms with Crippen LogP contribution in [-0.4, -0.2) is 31.3 Å². The van der Waals surface area contributed by atoms with Gasteiger partial charge in [-0.3, -0.25) is 0 Å². The van der Waals surface area contributed by atoms with Gasteiger partial charge in [0.25, 0.3) is 5.95 Å². The molecule has 0 spiro atoms. The smallest absolute Gasteiger partial charge is 0.323 e. The Kier molecular flexibility index (Phi) is 3.29. The first-order chi connectivity index (χ1) is 8.29. The Labute approximate surface area is 98.0 Å². The number of nitrogen functional groups attached to an aromatic ring is 1. The van der Waals surface area contributed by atoms with E-state index >= 15 is 0 Å². The summed E-state index contributed by atoms with van der Waals surface area (Å²) in [4.78, 5) is 11.9. The highest BCUT2D eigenvalue weighted by molar-refractivity contribution is 5.24. The average molecular weight is 232 g/mol. The molecule has 0 aromatic carbocycles. The van der Waals surface area contributed by atoms with E-state index in [1.165, 1.54) is 4.68 Å². The zero-order chi connectivity index (χ0) is 12.1. The van der Waals surface area contributed by atoms with Crippen LogP contribution in [0.2, 0.25) is 0 Å². The molecule has 0 atom stereocenters. The first kappa shape index (κ1) is 11.1. The fourth-order valence-electron chi connectivity index (χ4n) is 1.15. The SMILES string of the molecule is C=CCCOc1nc(N)nc(-n2cccn2)n1. The number of hydrogen-bond acceptors (Lipinski definition) is 6. The van der Waals surface area contributed by atoms with Gasteiger partial charge in [0, 0.05) is 12.4 Å². The van der Waals surface area contributed by atoms with E-state index in [1.807, 2.05) is 0 Å². The quantitative estimate of drug-likeness (QED) is 0.599. The third kappa shape index (κ3) is 2.77. The lowest BCUT2D eigenvalue weighted by atomic mass is 10.5. The number of ether oxygens (including phenoxy) is 1. The highest BCUT2D eigenvalue weighted by atomic mass is 16.5. The van der Waals surface area contributed by atoms with Gasteiger partial charge >= 0.3 is 6.01 Å². The molecule has 2 rings (SSSR count). The Morgan fingerprint density at radius 1 is 1.41 bits per heavy atom. The maximum atomic E-state index is 5.57. The van der Waals surface area contributed by atoms with Crippen LogP contribution in [0.1, 0.15) is 6.42 Å². The predicted molar refractivity (Wildman–Crippen MR) is 61.7 cm³/mol.